The van der Waals surface area contributed by atoms with Crippen LogP contribution >= 0.6 is 20.8 Å². The van der Waals surface area contributed by atoms with Crippen LogP contribution in [0.2, 0.25) is 5.02 Å². The number of ether oxygens (including phenoxy) is 1. The molecule has 2 aromatic carbocycles. The molecule has 178 valence electrons. The van der Waals surface area contributed by atoms with Crippen LogP contribution in [-0.2, 0) is 9.59 Å². The van der Waals surface area contributed by atoms with Gasteiger partial charge in [0.05, 0.1) is 18.1 Å². The summed E-state index contributed by atoms with van der Waals surface area (Å²) in [5.41, 5.74) is 0.550. The van der Waals surface area contributed by atoms with Crippen LogP contribution in [0.4, 0.5) is 8.78 Å². The molecule has 0 radical (unpaired) electrons. The van der Waals surface area contributed by atoms with Crippen molar-refractivity contribution in [2.75, 3.05) is 19.7 Å². The van der Waals surface area contributed by atoms with Crippen LogP contribution < -0.4 is 20.7 Å². The first-order valence-electron chi connectivity index (χ1n) is 9.82. The summed E-state index contributed by atoms with van der Waals surface area (Å²) in [7, 11) is 2.09. The van der Waals surface area contributed by atoms with Gasteiger partial charge in [-0.05, 0) is 19.1 Å². The number of amides is 2. The average Bonchev–Trinajstić information content (AvgIpc) is 3.30. The monoisotopic (exact) mass is 509 g/mol. The van der Waals surface area contributed by atoms with E-state index in [1.54, 1.807) is 24.3 Å². The molecule has 1 atom stereocenters. The highest BCUT2D eigenvalue weighted by Gasteiger charge is 2.18. The van der Waals surface area contributed by atoms with Crippen LogP contribution in [-0.4, -0.2) is 42.5 Å². The van der Waals surface area contributed by atoms with Gasteiger partial charge in [0.1, 0.15) is 24.0 Å². The van der Waals surface area contributed by atoms with E-state index in [9.17, 15) is 23.2 Å². The van der Waals surface area contributed by atoms with Gasteiger partial charge in [-0.2, -0.15) is 0 Å². The van der Waals surface area contributed by atoms with Crippen molar-refractivity contribution >= 4 is 43.7 Å². The molecule has 12 heteroatoms. The fourth-order valence-corrected chi connectivity index (χ4v) is 3.40. The van der Waals surface area contributed by atoms with Crippen molar-refractivity contribution in [2.45, 2.75) is 6.92 Å². The molecule has 2 N–H and O–H groups in total. The van der Waals surface area contributed by atoms with E-state index in [-0.39, 0.29) is 28.1 Å². The van der Waals surface area contributed by atoms with Crippen LogP contribution in [0.3, 0.4) is 0 Å². The normalized spacial score (nSPS) is 10.6. The van der Waals surface area contributed by atoms with Gasteiger partial charge in [0.2, 0.25) is 5.91 Å². The van der Waals surface area contributed by atoms with E-state index in [4.69, 9.17) is 20.9 Å². The quantitative estimate of drug-likeness (QED) is 0.429. The fraction of sp³-hybridized carbons (Fsp3) is 0.182. The first kappa shape index (κ1) is 25.3. The number of Topliss-reactive ketones (excluding diaryl/α,β-unsaturated/α-hetero) is 1. The minimum atomic E-state index is -0.828. The smallest absolute Gasteiger partial charge is 0.273 e. The van der Waals surface area contributed by atoms with Crippen LogP contribution in [0, 0.1) is 18.6 Å². The van der Waals surface area contributed by atoms with Crippen molar-refractivity contribution in [1.82, 2.24) is 15.8 Å². The molecule has 0 fully saturated rings. The summed E-state index contributed by atoms with van der Waals surface area (Å²) in [5.74, 6) is -3.30. The van der Waals surface area contributed by atoms with Gasteiger partial charge in [-0.1, -0.05) is 38.1 Å². The molecule has 0 aliphatic heterocycles. The Morgan fingerprint density at radius 3 is 2.59 bits per heavy atom. The van der Waals surface area contributed by atoms with Gasteiger partial charge < -0.3 is 19.9 Å². The summed E-state index contributed by atoms with van der Waals surface area (Å²) < 4.78 is 37.7. The van der Waals surface area contributed by atoms with Gasteiger partial charge in [0, 0.05) is 28.6 Å². The first-order valence-corrected chi connectivity index (χ1v) is 10.8. The topological polar surface area (TPSA) is 111 Å². The number of benzene rings is 2. The third-order valence-corrected chi connectivity index (χ3v) is 5.47. The number of carbonyl (C=O) groups is 3. The molecule has 3 aromatic rings. The van der Waals surface area contributed by atoms with Gasteiger partial charge in [-0.3, -0.25) is 14.4 Å². The van der Waals surface area contributed by atoms with Crippen molar-refractivity contribution in [3.05, 3.63) is 64.3 Å². The Bertz CT molecular complexity index is 1230. The number of carbonyl (C=O) groups excluding carboxylic acids is 3. The highest BCUT2D eigenvalue weighted by Crippen LogP contribution is 2.28. The van der Waals surface area contributed by atoms with Crippen LogP contribution in [0.1, 0.15) is 16.1 Å². The van der Waals surface area contributed by atoms with E-state index in [0.29, 0.717) is 10.6 Å². The van der Waals surface area contributed by atoms with Gasteiger partial charge in [0.15, 0.2) is 17.2 Å². The maximum atomic E-state index is 13.7. The number of nitrogens with one attached hydrogen (secondary N) is 2. The van der Waals surface area contributed by atoms with E-state index in [2.05, 4.69) is 25.0 Å². The summed E-state index contributed by atoms with van der Waals surface area (Å²) in [4.78, 5) is 36.1. The molecule has 8 nitrogen and oxygen atoms in total. The molecule has 1 aromatic heterocycles. The zero-order valence-corrected chi connectivity index (χ0v) is 19.7. The Morgan fingerprint density at radius 2 is 1.85 bits per heavy atom. The summed E-state index contributed by atoms with van der Waals surface area (Å²) in [5, 5.41) is 8.74. The van der Waals surface area contributed by atoms with Crippen molar-refractivity contribution in [3.8, 4) is 17.1 Å². The second kappa shape index (κ2) is 11.2. The Hall–Kier alpha value is -3.36. The molecule has 0 aliphatic carbocycles. The van der Waals surface area contributed by atoms with Crippen molar-refractivity contribution < 1.29 is 32.4 Å². The number of hydrogen-bond donors (Lipinski definition) is 2. The lowest BCUT2D eigenvalue weighted by Crippen LogP contribution is -2.40. The summed E-state index contributed by atoms with van der Waals surface area (Å²) >= 11 is 6.08. The maximum Gasteiger partial charge on any atom is 0.273 e. The lowest BCUT2D eigenvalue weighted by Gasteiger charge is -2.13. The first-order chi connectivity index (χ1) is 16.2. The van der Waals surface area contributed by atoms with E-state index >= 15 is 0 Å². The van der Waals surface area contributed by atoms with E-state index in [1.165, 1.54) is 13.0 Å². The molecular weight excluding hydrogens is 491 g/mol. The molecule has 1 unspecified atom stereocenters. The van der Waals surface area contributed by atoms with Crippen molar-refractivity contribution in [2.24, 2.45) is 0 Å². The standard InChI is InChI=1S/C22H19ClF2N3O5P/c1-11-15(24)6-16(25)21(34)20(11)32-10-12(29)8-26-19(30)9-27-22(31)17-7-18(33-28-17)13-4-2-3-5-14(13)23/h2-7H,8-10,34H2,1H3,(H,26,30)(H,27,31). The molecule has 34 heavy (non-hydrogen) atoms. The second-order valence-electron chi connectivity index (χ2n) is 7.05. The molecule has 0 spiro atoms. The predicted octanol–water partition coefficient (Wildman–Crippen LogP) is 2.58. The number of halogens is 3. The molecule has 0 bridgehead atoms. The highest BCUT2D eigenvalue weighted by molar-refractivity contribution is 7.27. The molecule has 0 saturated heterocycles. The molecule has 1 heterocycles. The van der Waals surface area contributed by atoms with Crippen LogP contribution in [0.25, 0.3) is 11.3 Å². The summed E-state index contributed by atoms with van der Waals surface area (Å²) in [6, 6.07) is 8.95. The molecule has 2 amide bonds. The van der Waals surface area contributed by atoms with Crippen molar-refractivity contribution in [1.29, 1.82) is 0 Å². The number of aromatic nitrogens is 1. The SMILES string of the molecule is Cc1c(F)cc(F)c(P)c1OCC(=O)CNC(=O)CNC(=O)c1cc(-c2ccccc2Cl)on1. The van der Waals surface area contributed by atoms with Gasteiger partial charge in [0.25, 0.3) is 5.91 Å². The van der Waals surface area contributed by atoms with E-state index in [0.717, 1.165) is 6.07 Å². The Labute approximate surface area is 200 Å². The predicted molar refractivity (Wildman–Crippen MR) is 123 cm³/mol. The third-order valence-electron chi connectivity index (χ3n) is 4.61. The highest BCUT2D eigenvalue weighted by atomic mass is 35.5. The van der Waals surface area contributed by atoms with Crippen LogP contribution in [0.5, 0.6) is 5.75 Å². The summed E-state index contributed by atoms with van der Waals surface area (Å²) in [6.07, 6.45) is 0. The van der Waals surface area contributed by atoms with Gasteiger partial charge in [-0.15, -0.1) is 0 Å². The minimum absolute atomic E-state index is 0.0102. The Kier molecular flexibility index (Phi) is 8.31. The zero-order chi connectivity index (χ0) is 24.8. The Morgan fingerprint density at radius 1 is 1.12 bits per heavy atom. The van der Waals surface area contributed by atoms with Gasteiger partial charge in [-0.25, -0.2) is 8.78 Å². The lowest BCUT2D eigenvalue weighted by molar-refractivity contribution is -0.125. The average molecular weight is 510 g/mol. The largest absolute Gasteiger partial charge is 0.485 e. The lowest BCUT2D eigenvalue weighted by atomic mass is 10.1. The number of rotatable bonds is 9. The number of nitrogens with zero attached hydrogens (tertiary/aromatic N) is 1. The fourth-order valence-electron chi connectivity index (χ4n) is 2.79. The summed E-state index contributed by atoms with van der Waals surface area (Å²) in [6.45, 7) is 0.0456. The molecule has 0 saturated carbocycles. The molecule has 3 rings (SSSR count). The Balaban J connectivity index is 1.45. The zero-order valence-electron chi connectivity index (χ0n) is 17.8. The number of ketones is 1. The molecular formula is C22H19ClF2N3O5P. The van der Waals surface area contributed by atoms with Gasteiger partial charge >= 0.3 is 0 Å². The third kappa shape index (κ3) is 6.15. The maximum absolute atomic E-state index is 13.7. The van der Waals surface area contributed by atoms with Crippen molar-refractivity contribution in [3.63, 3.8) is 0 Å². The van der Waals surface area contributed by atoms with E-state index < -0.39 is 48.9 Å². The minimum Gasteiger partial charge on any atom is -0.485 e. The van der Waals surface area contributed by atoms with E-state index in [1.807, 2.05) is 0 Å². The molecule has 0 aliphatic rings. The second-order valence-corrected chi connectivity index (χ2v) is 8.04. The van der Waals surface area contributed by atoms with Crippen LogP contribution in [0.15, 0.2) is 40.9 Å². The number of hydrogen-bond acceptors (Lipinski definition) is 6.